The predicted octanol–water partition coefficient (Wildman–Crippen LogP) is 5.29. The van der Waals surface area contributed by atoms with E-state index in [9.17, 15) is 17.6 Å². The summed E-state index contributed by atoms with van der Waals surface area (Å²) in [6.45, 7) is 1.47. The molecule has 0 saturated heterocycles. The SMILES string of the molecule is CN(C)CCCNc1nc(Nc2ccc(F)cc2)cc(-c2cccc(OC(F)(F)F)c2)n1. The number of hydrogen-bond acceptors (Lipinski definition) is 6. The van der Waals surface area contributed by atoms with Gasteiger partial charge in [0.05, 0.1) is 5.69 Å². The van der Waals surface area contributed by atoms with E-state index in [1.54, 1.807) is 24.3 Å². The lowest BCUT2D eigenvalue weighted by Crippen LogP contribution is -2.17. The van der Waals surface area contributed by atoms with Crippen LogP contribution in [0.1, 0.15) is 6.42 Å². The van der Waals surface area contributed by atoms with Gasteiger partial charge in [-0.15, -0.1) is 13.2 Å². The quantitative estimate of drug-likeness (QED) is 0.342. The third-order valence-electron chi connectivity index (χ3n) is 4.27. The number of rotatable bonds is 9. The number of alkyl halides is 3. The summed E-state index contributed by atoms with van der Waals surface area (Å²) in [6, 6.07) is 12.9. The molecule has 6 nitrogen and oxygen atoms in total. The van der Waals surface area contributed by atoms with Crippen molar-refractivity contribution < 1.29 is 22.3 Å². The molecule has 3 rings (SSSR count). The molecule has 1 aromatic heterocycles. The molecule has 0 aliphatic heterocycles. The maximum Gasteiger partial charge on any atom is 0.573 e. The van der Waals surface area contributed by atoms with E-state index in [1.807, 2.05) is 19.0 Å². The highest BCUT2D eigenvalue weighted by Gasteiger charge is 2.31. The molecule has 0 atom stereocenters. The second-order valence-electron chi connectivity index (χ2n) is 7.25. The van der Waals surface area contributed by atoms with Crippen molar-refractivity contribution in [1.82, 2.24) is 14.9 Å². The molecule has 0 radical (unpaired) electrons. The normalized spacial score (nSPS) is 11.5. The van der Waals surface area contributed by atoms with E-state index in [1.165, 1.54) is 30.3 Å². The first-order chi connectivity index (χ1) is 15.2. The Morgan fingerprint density at radius 2 is 1.75 bits per heavy atom. The fourth-order valence-electron chi connectivity index (χ4n) is 2.87. The molecule has 0 spiro atoms. The zero-order valence-electron chi connectivity index (χ0n) is 17.6. The van der Waals surface area contributed by atoms with Crippen LogP contribution < -0.4 is 15.4 Å². The highest BCUT2D eigenvalue weighted by atomic mass is 19.4. The highest BCUT2D eigenvalue weighted by Crippen LogP contribution is 2.29. The molecule has 0 saturated carbocycles. The van der Waals surface area contributed by atoms with Crippen LogP contribution in [0.25, 0.3) is 11.3 Å². The zero-order valence-corrected chi connectivity index (χ0v) is 17.6. The minimum Gasteiger partial charge on any atom is -0.406 e. The Kier molecular flexibility index (Phi) is 7.47. The highest BCUT2D eigenvalue weighted by molar-refractivity contribution is 5.68. The summed E-state index contributed by atoms with van der Waals surface area (Å²) in [5.41, 5.74) is 1.42. The number of anilines is 3. The molecule has 32 heavy (non-hydrogen) atoms. The summed E-state index contributed by atoms with van der Waals surface area (Å²) in [5.74, 6) is -0.00215. The van der Waals surface area contributed by atoms with Gasteiger partial charge in [-0.3, -0.25) is 0 Å². The Hall–Kier alpha value is -3.40. The molecule has 0 fully saturated rings. The Labute approximate surface area is 183 Å². The predicted molar refractivity (Wildman–Crippen MR) is 115 cm³/mol. The molecule has 3 aromatic rings. The fourth-order valence-corrected chi connectivity index (χ4v) is 2.87. The largest absolute Gasteiger partial charge is 0.573 e. The molecule has 2 aromatic carbocycles. The van der Waals surface area contributed by atoms with Crippen molar-refractivity contribution in [3.63, 3.8) is 0 Å². The lowest BCUT2D eigenvalue weighted by molar-refractivity contribution is -0.274. The molecule has 1 heterocycles. The van der Waals surface area contributed by atoms with Crippen molar-refractivity contribution in [1.29, 1.82) is 0 Å². The van der Waals surface area contributed by atoms with E-state index in [0.717, 1.165) is 13.0 Å². The third kappa shape index (κ3) is 7.38. The lowest BCUT2D eigenvalue weighted by Gasteiger charge is -2.14. The van der Waals surface area contributed by atoms with E-state index >= 15 is 0 Å². The molecule has 0 aliphatic rings. The fraction of sp³-hybridized carbons (Fsp3) is 0.273. The van der Waals surface area contributed by atoms with Crippen LogP contribution in [0, 0.1) is 5.82 Å². The summed E-state index contributed by atoms with van der Waals surface area (Å²) in [7, 11) is 3.94. The summed E-state index contributed by atoms with van der Waals surface area (Å²) >= 11 is 0. The van der Waals surface area contributed by atoms with Crippen molar-refractivity contribution in [3.05, 3.63) is 60.4 Å². The van der Waals surface area contributed by atoms with Crippen LogP contribution in [0.4, 0.5) is 35.0 Å². The second kappa shape index (κ2) is 10.3. The minimum atomic E-state index is -4.79. The Morgan fingerprint density at radius 3 is 2.44 bits per heavy atom. The molecule has 0 unspecified atom stereocenters. The summed E-state index contributed by atoms with van der Waals surface area (Å²) < 4.78 is 55.0. The zero-order chi connectivity index (χ0) is 23.1. The van der Waals surface area contributed by atoms with Crippen LogP contribution in [0.3, 0.4) is 0 Å². The van der Waals surface area contributed by atoms with Gasteiger partial charge in [0.1, 0.15) is 17.4 Å². The molecule has 0 aliphatic carbocycles. The smallest absolute Gasteiger partial charge is 0.406 e. The lowest BCUT2D eigenvalue weighted by atomic mass is 10.1. The van der Waals surface area contributed by atoms with Crippen LogP contribution in [0.5, 0.6) is 5.75 Å². The number of hydrogen-bond donors (Lipinski definition) is 2. The maximum atomic E-state index is 13.2. The average molecular weight is 449 g/mol. The van der Waals surface area contributed by atoms with E-state index < -0.39 is 6.36 Å². The van der Waals surface area contributed by atoms with Crippen molar-refractivity contribution in [3.8, 4) is 17.0 Å². The van der Waals surface area contributed by atoms with Crippen molar-refractivity contribution in [2.24, 2.45) is 0 Å². The number of nitrogens with one attached hydrogen (secondary N) is 2. The van der Waals surface area contributed by atoms with Gasteiger partial charge in [0.2, 0.25) is 5.95 Å². The van der Waals surface area contributed by atoms with E-state index in [2.05, 4.69) is 25.3 Å². The van der Waals surface area contributed by atoms with E-state index in [4.69, 9.17) is 0 Å². The first-order valence-electron chi connectivity index (χ1n) is 9.84. The number of ether oxygens (including phenoxy) is 1. The van der Waals surface area contributed by atoms with E-state index in [0.29, 0.717) is 35.3 Å². The second-order valence-corrected chi connectivity index (χ2v) is 7.25. The summed E-state index contributed by atoms with van der Waals surface area (Å²) in [6.07, 6.45) is -3.95. The first-order valence-corrected chi connectivity index (χ1v) is 9.84. The Bertz CT molecular complexity index is 1030. The van der Waals surface area contributed by atoms with Gasteiger partial charge < -0.3 is 20.3 Å². The van der Waals surface area contributed by atoms with Crippen LogP contribution in [-0.2, 0) is 0 Å². The van der Waals surface area contributed by atoms with Gasteiger partial charge in [0.25, 0.3) is 0 Å². The molecule has 170 valence electrons. The molecule has 2 N–H and O–H groups in total. The summed E-state index contributed by atoms with van der Waals surface area (Å²) in [4.78, 5) is 10.9. The molecule has 0 amide bonds. The van der Waals surface area contributed by atoms with Gasteiger partial charge in [0.15, 0.2) is 0 Å². The van der Waals surface area contributed by atoms with Crippen LogP contribution in [0.15, 0.2) is 54.6 Å². The van der Waals surface area contributed by atoms with Gasteiger partial charge in [-0.2, -0.15) is 4.98 Å². The van der Waals surface area contributed by atoms with Crippen molar-refractivity contribution >= 4 is 17.5 Å². The monoisotopic (exact) mass is 449 g/mol. The van der Waals surface area contributed by atoms with Crippen molar-refractivity contribution in [2.75, 3.05) is 37.8 Å². The third-order valence-corrected chi connectivity index (χ3v) is 4.27. The molecule has 0 bridgehead atoms. The average Bonchev–Trinajstić information content (AvgIpc) is 2.72. The minimum absolute atomic E-state index is 0.313. The molecular weight excluding hydrogens is 426 g/mol. The number of halogens is 4. The van der Waals surface area contributed by atoms with Gasteiger partial charge in [0, 0.05) is 23.9 Å². The number of nitrogens with zero attached hydrogens (tertiary/aromatic N) is 3. The van der Waals surface area contributed by atoms with Gasteiger partial charge in [-0.25, -0.2) is 9.37 Å². The standard InChI is InChI=1S/C22H23F4N5O/c1-31(2)12-4-11-27-21-29-19(15-5-3-6-18(13-15)32-22(24,25)26)14-20(30-21)28-17-9-7-16(23)8-10-17/h3,5-10,13-14H,4,11-12H2,1-2H3,(H2,27,28,29,30). The van der Waals surface area contributed by atoms with Gasteiger partial charge >= 0.3 is 6.36 Å². The topological polar surface area (TPSA) is 62.3 Å². The van der Waals surface area contributed by atoms with Crippen LogP contribution in [-0.4, -0.2) is 48.4 Å². The number of benzene rings is 2. The first kappa shape index (κ1) is 23.3. The maximum absolute atomic E-state index is 13.2. The number of aromatic nitrogens is 2. The van der Waals surface area contributed by atoms with Crippen molar-refractivity contribution in [2.45, 2.75) is 12.8 Å². The molecular formula is C22H23F4N5O. The van der Waals surface area contributed by atoms with E-state index in [-0.39, 0.29) is 11.6 Å². The van der Waals surface area contributed by atoms with Crippen LogP contribution >= 0.6 is 0 Å². The van der Waals surface area contributed by atoms with Crippen LogP contribution in [0.2, 0.25) is 0 Å². The Morgan fingerprint density at radius 1 is 1.00 bits per heavy atom. The molecule has 10 heteroatoms. The van der Waals surface area contributed by atoms with Gasteiger partial charge in [-0.1, -0.05) is 12.1 Å². The Balaban J connectivity index is 1.88. The van der Waals surface area contributed by atoms with Gasteiger partial charge in [-0.05, 0) is 63.5 Å². The summed E-state index contributed by atoms with van der Waals surface area (Å²) in [5, 5.41) is 6.20.